The van der Waals surface area contributed by atoms with Crippen LogP contribution in [0.2, 0.25) is 0 Å². The average Bonchev–Trinajstić information content (AvgIpc) is 2.91. The standard InChI is InChI=1S/C17H20FN3O2S/c1-16(2)10-17(16,11-4-6-12(18)7-5-11)15(22)19-8-14-20-13(9-24-3)21-23-14/h4-7H,8-10H2,1-3H3,(H,19,22). The van der Waals surface area contributed by atoms with Gasteiger partial charge in [0.2, 0.25) is 11.8 Å². The summed E-state index contributed by atoms with van der Waals surface area (Å²) in [5.74, 6) is 1.28. The largest absolute Gasteiger partial charge is 0.346 e. The van der Waals surface area contributed by atoms with Gasteiger partial charge in [0.15, 0.2) is 5.82 Å². The van der Waals surface area contributed by atoms with Gasteiger partial charge in [-0.3, -0.25) is 4.79 Å². The molecule has 1 amide bonds. The van der Waals surface area contributed by atoms with E-state index < -0.39 is 5.41 Å². The zero-order valence-electron chi connectivity index (χ0n) is 13.9. The first kappa shape index (κ1) is 17.0. The lowest BCUT2D eigenvalue weighted by molar-refractivity contribution is -0.124. The molecule has 24 heavy (non-hydrogen) atoms. The van der Waals surface area contributed by atoms with Crippen molar-refractivity contribution in [1.82, 2.24) is 15.5 Å². The van der Waals surface area contributed by atoms with E-state index in [1.807, 2.05) is 20.1 Å². The van der Waals surface area contributed by atoms with Crippen molar-refractivity contribution in [2.24, 2.45) is 5.41 Å². The molecule has 1 aromatic carbocycles. The zero-order chi connectivity index (χ0) is 17.4. The highest BCUT2D eigenvalue weighted by Gasteiger charge is 2.67. The van der Waals surface area contributed by atoms with Gasteiger partial charge >= 0.3 is 0 Å². The van der Waals surface area contributed by atoms with Crippen LogP contribution in [-0.4, -0.2) is 22.3 Å². The van der Waals surface area contributed by atoms with Gasteiger partial charge in [-0.15, -0.1) is 0 Å². The summed E-state index contributed by atoms with van der Waals surface area (Å²) in [6.45, 7) is 4.28. The molecule has 0 saturated heterocycles. The van der Waals surface area contributed by atoms with Gasteiger partial charge in [-0.05, 0) is 35.8 Å². The highest BCUT2D eigenvalue weighted by Crippen LogP contribution is 2.64. The molecule has 1 unspecified atom stereocenters. The Labute approximate surface area is 144 Å². The van der Waals surface area contributed by atoms with Gasteiger partial charge < -0.3 is 9.84 Å². The van der Waals surface area contributed by atoms with Crippen LogP contribution in [-0.2, 0) is 22.5 Å². The Hall–Kier alpha value is -1.89. The number of hydrogen-bond donors (Lipinski definition) is 1. The molecule has 1 aliphatic rings. The van der Waals surface area contributed by atoms with E-state index in [0.717, 1.165) is 12.0 Å². The predicted molar refractivity (Wildman–Crippen MR) is 89.8 cm³/mol. The van der Waals surface area contributed by atoms with E-state index in [9.17, 15) is 9.18 Å². The molecule has 2 aromatic rings. The van der Waals surface area contributed by atoms with Crippen molar-refractivity contribution >= 4 is 17.7 Å². The van der Waals surface area contributed by atoms with Crippen molar-refractivity contribution in [2.75, 3.05) is 6.26 Å². The second-order valence-electron chi connectivity index (χ2n) is 6.69. The molecule has 0 spiro atoms. The number of carbonyl (C=O) groups is 1. The lowest BCUT2D eigenvalue weighted by atomic mass is 9.87. The maximum Gasteiger partial charge on any atom is 0.246 e. The van der Waals surface area contributed by atoms with Crippen LogP contribution in [0.4, 0.5) is 4.39 Å². The highest BCUT2D eigenvalue weighted by atomic mass is 32.2. The molecule has 0 bridgehead atoms. The quantitative estimate of drug-likeness (QED) is 0.868. The number of hydrogen-bond acceptors (Lipinski definition) is 5. The van der Waals surface area contributed by atoms with Crippen LogP contribution in [0.3, 0.4) is 0 Å². The Kier molecular flexibility index (Phi) is 4.38. The number of aromatic nitrogens is 2. The third-order valence-electron chi connectivity index (χ3n) is 4.65. The van der Waals surface area contributed by atoms with Gasteiger partial charge in [-0.25, -0.2) is 4.39 Å². The first-order valence-electron chi connectivity index (χ1n) is 7.74. The molecular weight excluding hydrogens is 329 g/mol. The van der Waals surface area contributed by atoms with Crippen molar-refractivity contribution in [3.05, 3.63) is 47.4 Å². The molecule has 3 rings (SSSR count). The summed E-state index contributed by atoms with van der Waals surface area (Å²) in [6, 6.07) is 6.16. The number of halogens is 1. The molecule has 0 aliphatic heterocycles. The van der Waals surface area contributed by atoms with E-state index in [-0.39, 0.29) is 23.7 Å². The van der Waals surface area contributed by atoms with Crippen LogP contribution >= 0.6 is 11.8 Å². The normalized spacial score (nSPS) is 21.5. The molecule has 1 aliphatic carbocycles. The highest BCUT2D eigenvalue weighted by molar-refractivity contribution is 7.97. The fourth-order valence-electron chi connectivity index (χ4n) is 3.22. The van der Waals surface area contributed by atoms with Gasteiger partial charge in [0.1, 0.15) is 5.82 Å². The summed E-state index contributed by atoms with van der Waals surface area (Å²) in [4.78, 5) is 17.1. The summed E-state index contributed by atoms with van der Waals surface area (Å²) < 4.78 is 18.3. The van der Waals surface area contributed by atoms with E-state index in [1.165, 1.54) is 12.1 Å². The summed E-state index contributed by atoms with van der Waals surface area (Å²) in [6.07, 6.45) is 2.68. The minimum Gasteiger partial charge on any atom is -0.346 e. The lowest BCUT2D eigenvalue weighted by Gasteiger charge is -2.20. The number of benzene rings is 1. The maximum absolute atomic E-state index is 13.2. The van der Waals surface area contributed by atoms with Gasteiger partial charge in [0, 0.05) is 0 Å². The van der Waals surface area contributed by atoms with Crippen molar-refractivity contribution in [1.29, 1.82) is 0 Å². The molecule has 7 heteroatoms. The Balaban J connectivity index is 1.73. The van der Waals surface area contributed by atoms with Gasteiger partial charge in [-0.2, -0.15) is 16.7 Å². The van der Waals surface area contributed by atoms with Crippen LogP contribution in [0.5, 0.6) is 0 Å². The lowest BCUT2D eigenvalue weighted by Crippen LogP contribution is -2.37. The van der Waals surface area contributed by atoms with E-state index >= 15 is 0 Å². The molecule has 0 radical (unpaired) electrons. The number of amides is 1. The number of carbonyl (C=O) groups excluding carboxylic acids is 1. The van der Waals surface area contributed by atoms with Crippen molar-refractivity contribution in [2.45, 2.75) is 38.0 Å². The summed E-state index contributed by atoms with van der Waals surface area (Å²) >= 11 is 1.60. The second kappa shape index (κ2) is 6.20. The Morgan fingerprint density at radius 1 is 1.38 bits per heavy atom. The molecule has 1 heterocycles. The predicted octanol–water partition coefficient (Wildman–Crippen LogP) is 3.06. The third kappa shape index (κ3) is 2.92. The van der Waals surface area contributed by atoms with Crippen molar-refractivity contribution in [3.63, 3.8) is 0 Å². The molecule has 128 valence electrons. The molecule has 1 atom stereocenters. The van der Waals surface area contributed by atoms with E-state index in [4.69, 9.17) is 4.52 Å². The Bertz CT molecular complexity index is 745. The first-order valence-corrected chi connectivity index (χ1v) is 9.13. The van der Waals surface area contributed by atoms with Crippen LogP contribution in [0.15, 0.2) is 28.8 Å². The van der Waals surface area contributed by atoms with Crippen LogP contribution in [0.25, 0.3) is 0 Å². The monoisotopic (exact) mass is 349 g/mol. The number of rotatable bonds is 6. The Morgan fingerprint density at radius 3 is 2.62 bits per heavy atom. The molecule has 1 saturated carbocycles. The maximum atomic E-state index is 13.2. The summed E-state index contributed by atoms with van der Waals surface area (Å²) in [7, 11) is 0. The Morgan fingerprint density at radius 2 is 2.04 bits per heavy atom. The van der Waals surface area contributed by atoms with E-state index in [2.05, 4.69) is 15.5 Å². The molecule has 5 nitrogen and oxygen atoms in total. The molecule has 1 N–H and O–H groups in total. The van der Waals surface area contributed by atoms with Gasteiger partial charge in [0.05, 0.1) is 17.7 Å². The zero-order valence-corrected chi connectivity index (χ0v) is 14.7. The van der Waals surface area contributed by atoms with Crippen molar-refractivity contribution < 1.29 is 13.7 Å². The SMILES string of the molecule is CSCc1noc(CNC(=O)C2(c3ccc(F)cc3)CC2(C)C)n1. The molecule has 1 aromatic heterocycles. The smallest absolute Gasteiger partial charge is 0.246 e. The average molecular weight is 349 g/mol. The summed E-state index contributed by atoms with van der Waals surface area (Å²) in [5, 5.41) is 6.75. The molecule has 1 fully saturated rings. The van der Waals surface area contributed by atoms with E-state index in [0.29, 0.717) is 17.5 Å². The molecular formula is C17H20FN3O2S. The number of thioether (sulfide) groups is 1. The van der Waals surface area contributed by atoms with Crippen LogP contribution < -0.4 is 5.32 Å². The first-order chi connectivity index (χ1) is 11.4. The summed E-state index contributed by atoms with van der Waals surface area (Å²) in [5.41, 5.74) is 0.0244. The minimum absolute atomic E-state index is 0.0938. The second-order valence-corrected chi connectivity index (χ2v) is 7.56. The fourth-order valence-corrected chi connectivity index (χ4v) is 3.60. The van der Waals surface area contributed by atoms with Gasteiger partial charge in [0.25, 0.3) is 0 Å². The third-order valence-corrected chi connectivity index (χ3v) is 5.19. The van der Waals surface area contributed by atoms with Gasteiger partial charge in [-0.1, -0.05) is 31.1 Å². The van der Waals surface area contributed by atoms with Crippen LogP contribution in [0.1, 0.15) is 37.5 Å². The van der Waals surface area contributed by atoms with Crippen LogP contribution in [0, 0.1) is 11.2 Å². The topological polar surface area (TPSA) is 68.0 Å². The van der Waals surface area contributed by atoms with Crippen molar-refractivity contribution in [3.8, 4) is 0 Å². The minimum atomic E-state index is -0.636. The number of nitrogens with zero attached hydrogens (tertiary/aromatic N) is 2. The number of nitrogens with one attached hydrogen (secondary N) is 1. The fraction of sp³-hybridized carbons (Fsp3) is 0.471. The van der Waals surface area contributed by atoms with E-state index in [1.54, 1.807) is 23.9 Å².